The molecule has 176 valence electrons. The second kappa shape index (κ2) is 10.00. The van der Waals surface area contributed by atoms with Gasteiger partial charge in [-0.1, -0.05) is 38.1 Å². The fourth-order valence-electron chi connectivity index (χ4n) is 4.15. The number of carbonyl (C=O) groups is 2. The zero-order chi connectivity index (χ0) is 24.2. The minimum atomic E-state index is -0.436. The predicted octanol–water partition coefficient (Wildman–Crippen LogP) is 5.91. The molecule has 1 heterocycles. The van der Waals surface area contributed by atoms with Gasteiger partial charge in [0.05, 0.1) is 18.7 Å². The molecule has 0 spiro atoms. The van der Waals surface area contributed by atoms with Crippen molar-refractivity contribution in [2.24, 2.45) is 5.92 Å². The van der Waals surface area contributed by atoms with Gasteiger partial charge in [0, 0.05) is 18.7 Å². The number of para-hydroxylation sites is 2. The van der Waals surface area contributed by atoms with Crippen LogP contribution in [0.2, 0.25) is 0 Å². The third-order valence-corrected chi connectivity index (χ3v) is 6.01. The van der Waals surface area contributed by atoms with Gasteiger partial charge in [-0.2, -0.15) is 0 Å². The SMILES string of the molecule is COc1ccccc1N1C[C@H](C(=O)Nc2ccc(Oc3cc(C)ccc3C(C)C)cc2)CC1=O. The summed E-state index contributed by atoms with van der Waals surface area (Å²) in [5.41, 5.74) is 3.63. The van der Waals surface area contributed by atoms with Crippen molar-refractivity contribution < 1.29 is 19.1 Å². The van der Waals surface area contributed by atoms with E-state index in [1.165, 1.54) is 0 Å². The molecule has 2 amide bonds. The van der Waals surface area contributed by atoms with E-state index in [0.29, 0.717) is 35.3 Å². The average Bonchev–Trinajstić information content (AvgIpc) is 3.21. The summed E-state index contributed by atoms with van der Waals surface area (Å²) in [6.07, 6.45) is 0.163. The molecule has 0 saturated carbocycles. The van der Waals surface area contributed by atoms with E-state index >= 15 is 0 Å². The number of aryl methyl sites for hydroxylation is 1. The number of benzene rings is 3. The van der Waals surface area contributed by atoms with E-state index in [1.54, 1.807) is 18.1 Å². The van der Waals surface area contributed by atoms with Crippen LogP contribution in [0.5, 0.6) is 17.2 Å². The lowest BCUT2D eigenvalue weighted by Crippen LogP contribution is -2.28. The number of carbonyl (C=O) groups excluding carboxylic acids is 2. The van der Waals surface area contributed by atoms with Gasteiger partial charge < -0.3 is 19.7 Å². The minimum absolute atomic E-state index is 0.0903. The molecular formula is C28H30N2O4. The van der Waals surface area contributed by atoms with Crippen molar-refractivity contribution in [3.63, 3.8) is 0 Å². The van der Waals surface area contributed by atoms with Crippen LogP contribution in [0.25, 0.3) is 0 Å². The molecule has 0 bridgehead atoms. The summed E-state index contributed by atoms with van der Waals surface area (Å²) in [4.78, 5) is 27.1. The molecule has 1 N–H and O–H groups in total. The molecule has 3 aromatic rings. The zero-order valence-electron chi connectivity index (χ0n) is 20.0. The number of hydrogen-bond donors (Lipinski definition) is 1. The number of hydrogen-bond acceptors (Lipinski definition) is 4. The predicted molar refractivity (Wildman–Crippen MR) is 134 cm³/mol. The third kappa shape index (κ3) is 5.06. The number of rotatable bonds is 7. The van der Waals surface area contributed by atoms with Gasteiger partial charge in [0.15, 0.2) is 0 Å². The molecule has 0 aliphatic carbocycles. The molecule has 0 aromatic heterocycles. The molecule has 1 fully saturated rings. The average molecular weight is 459 g/mol. The van der Waals surface area contributed by atoms with Gasteiger partial charge in [0.2, 0.25) is 11.8 Å². The van der Waals surface area contributed by atoms with Crippen molar-refractivity contribution in [1.82, 2.24) is 0 Å². The van der Waals surface area contributed by atoms with Crippen LogP contribution in [0.4, 0.5) is 11.4 Å². The Kier molecular flexibility index (Phi) is 6.87. The quantitative estimate of drug-likeness (QED) is 0.478. The highest BCUT2D eigenvalue weighted by molar-refractivity contribution is 6.04. The van der Waals surface area contributed by atoms with E-state index in [-0.39, 0.29) is 18.2 Å². The standard InChI is InChI=1S/C28H30N2O4/c1-18(2)23-14-9-19(3)15-26(23)34-22-12-10-21(11-13-22)29-28(32)20-16-27(31)30(17-20)24-7-5-6-8-25(24)33-4/h5-15,18,20H,16-17H2,1-4H3,(H,29,32)/t20-/m1/s1. The summed E-state index contributed by atoms with van der Waals surface area (Å²) in [6.45, 7) is 6.63. The molecule has 1 atom stereocenters. The first-order valence-electron chi connectivity index (χ1n) is 11.5. The Labute approximate surface area is 200 Å². The highest BCUT2D eigenvalue weighted by atomic mass is 16.5. The number of methoxy groups -OCH3 is 1. The van der Waals surface area contributed by atoms with Crippen molar-refractivity contribution in [2.45, 2.75) is 33.1 Å². The molecule has 1 aliphatic heterocycles. The first-order valence-corrected chi connectivity index (χ1v) is 11.5. The molecule has 0 radical (unpaired) electrons. The fourth-order valence-corrected chi connectivity index (χ4v) is 4.15. The van der Waals surface area contributed by atoms with Gasteiger partial charge in [-0.3, -0.25) is 9.59 Å². The molecule has 1 aliphatic rings. The van der Waals surface area contributed by atoms with Gasteiger partial charge >= 0.3 is 0 Å². The highest BCUT2D eigenvalue weighted by Crippen LogP contribution is 2.34. The van der Waals surface area contributed by atoms with Crippen molar-refractivity contribution in [1.29, 1.82) is 0 Å². The normalized spacial score (nSPS) is 15.5. The lowest BCUT2D eigenvalue weighted by Gasteiger charge is -2.19. The molecule has 34 heavy (non-hydrogen) atoms. The van der Waals surface area contributed by atoms with Crippen molar-refractivity contribution in [3.05, 3.63) is 77.9 Å². The van der Waals surface area contributed by atoms with Crippen LogP contribution in [-0.4, -0.2) is 25.5 Å². The summed E-state index contributed by atoms with van der Waals surface area (Å²) in [6, 6.07) is 20.9. The van der Waals surface area contributed by atoms with Crippen molar-refractivity contribution in [3.8, 4) is 17.2 Å². The second-order valence-electron chi connectivity index (χ2n) is 8.89. The van der Waals surface area contributed by atoms with Gasteiger partial charge in [-0.05, 0) is 66.4 Å². The van der Waals surface area contributed by atoms with Crippen LogP contribution >= 0.6 is 0 Å². The Hall–Kier alpha value is -3.80. The minimum Gasteiger partial charge on any atom is -0.495 e. The molecule has 4 rings (SSSR count). The Balaban J connectivity index is 1.41. The van der Waals surface area contributed by atoms with E-state index in [4.69, 9.17) is 9.47 Å². The van der Waals surface area contributed by atoms with Gasteiger partial charge in [-0.25, -0.2) is 0 Å². The van der Waals surface area contributed by atoms with E-state index in [1.807, 2.05) is 55.5 Å². The summed E-state index contributed by atoms with van der Waals surface area (Å²) in [5.74, 6) is 1.79. The molecule has 1 saturated heterocycles. The number of ether oxygens (including phenoxy) is 2. The third-order valence-electron chi connectivity index (χ3n) is 6.01. The first kappa shape index (κ1) is 23.4. The van der Waals surface area contributed by atoms with Crippen LogP contribution in [-0.2, 0) is 9.59 Å². The maximum Gasteiger partial charge on any atom is 0.229 e. The monoisotopic (exact) mass is 458 g/mol. The van der Waals surface area contributed by atoms with E-state index in [9.17, 15) is 9.59 Å². The Morgan fingerprint density at radius 3 is 2.47 bits per heavy atom. The van der Waals surface area contributed by atoms with Crippen molar-refractivity contribution >= 4 is 23.2 Å². The van der Waals surface area contributed by atoms with Gasteiger partial charge in [0.1, 0.15) is 17.2 Å². The smallest absolute Gasteiger partial charge is 0.229 e. The maximum absolute atomic E-state index is 12.9. The van der Waals surface area contributed by atoms with Crippen LogP contribution in [0.15, 0.2) is 66.7 Å². The van der Waals surface area contributed by atoms with Gasteiger partial charge in [0.25, 0.3) is 0 Å². The largest absolute Gasteiger partial charge is 0.495 e. The fraction of sp³-hybridized carbons (Fsp3) is 0.286. The van der Waals surface area contributed by atoms with Crippen LogP contribution in [0, 0.1) is 12.8 Å². The van der Waals surface area contributed by atoms with Gasteiger partial charge in [-0.15, -0.1) is 0 Å². The van der Waals surface area contributed by atoms with E-state index in [0.717, 1.165) is 16.9 Å². The lowest BCUT2D eigenvalue weighted by atomic mass is 10.0. The highest BCUT2D eigenvalue weighted by Gasteiger charge is 2.36. The molecular weight excluding hydrogens is 428 g/mol. The van der Waals surface area contributed by atoms with Crippen molar-refractivity contribution in [2.75, 3.05) is 23.9 Å². The molecule has 0 unspecified atom stereocenters. The van der Waals surface area contributed by atoms with E-state index < -0.39 is 5.92 Å². The topological polar surface area (TPSA) is 67.9 Å². The summed E-state index contributed by atoms with van der Waals surface area (Å²) >= 11 is 0. The second-order valence-corrected chi connectivity index (χ2v) is 8.89. The number of amides is 2. The first-order chi connectivity index (χ1) is 16.4. The number of nitrogens with one attached hydrogen (secondary N) is 1. The zero-order valence-corrected chi connectivity index (χ0v) is 20.0. The molecule has 6 nitrogen and oxygen atoms in total. The molecule has 6 heteroatoms. The molecule has 3 aromatic carbocycles. The van der Waals surface area contributed by atoms with Crippen LogP contribution in [0.3, 0.4) is 0 Å². The Morgan fingerprint density at radius 1 is 1.03 bits per heavy atom. The number of anilines is 2. The van der Waals surface area contributed by atoms with Crippen LogP contribution in [0.1, 0.15) is 37.3 Å². The summed E-state index contributed by atoms with van der Waals surface area (Å²) in [7, 11) is 1.57. The maximum atomic E-state index is 12.9. The lowest BCUT2D eigenvalue weighted by molar-refractivity contribution is -0.122. The van der Waals surface area contributed by atoms with E-state index in [2.05, 4.69) is 31.3 Å². The van der Waals surface area contributed by atoms with Crippen LogP contribution < -0.4 is 19.7 Å². The summed E-state index contributed by atoms with van der Waals surface area (Å²) < 4.78 is 11.5. The number of nitrogens with zero attached hydrogens (tertiary/aromatic N) is 1. The Bertz CT molecular complexity index is 1190. The summed E-state index contributed by atoms with van der Waals surface area (Å²) in [5, 5.41) is 2.93. The Morgan fingerprint density at radius 2 is 1.76 bits per heavy atom.